The number of hydrogen-bond donors (Lipinski definition) is 1. The first-order valence-electron chi connectivity index (χ1n) is 6.55. The lowest BCUT2D eigenvalue weighted by Gasteiger charge is -2.46. The van der Waals surface area contributed by atoms with E-state index < -0.39 is 0 Å². The normalized spacial score (nSPS) is 31.5. The van der Waals surface area contributed by atoms with Crippen molar-refractivity contribution in [3.05, 3.63) is 0 Å². The lowest BCUT2D eigenvalue weighted by molar-refractivity contribution is 0.114. The molecule has 0 bridgehead atoms. The van der Waals surface area contributed by atoms with E-state index in [4.69, 9.17) is 5.41 Å². The topological polar surface area (TPSA) is 27.1 Å². The van der Waals surface area contributed by atoms with Crippen LogP contribution >= 0.6 is 0 Å². The van der Waals surface area contributed by atoms with E-state index in [0.29, 0.717) is 12.0 Å². The standard InChI is InChI=1S/C13H24N2/c1-10(2)13(14)15-9-5-7-11-6-3-4-8-12(11)15/h10-12,14H,3-9H2,1-2H3. The fourth-order valence-electron chi connectivity index (χ4n) is 3.26. The van der Waals surface area contributed by atoms with Gasteiger partial charge in [-0.1, -0.05) is 26.7 Å². The second kappa shape index (κ2) is 4.54. The molecule has 2 aliphatic rings. The average Bonchev–Trinajstić information content (AvgIpc) is 2.27. The Bertz CT molecular complexity index is 233. The molecule has 2 unspecified atom stereocenters. The highest BCUT2D eigenvalue weighted by Crippen LogP contribution is 2.35. The Morgan fingerprint density at radius 2 is 1.80 bits per heavy atom. The van der Waals surface area contributed by atoms with Crippen LogP contribution in [0.4, 0.5) is 0 Å². The molecule has 0 aromatic carbocycles. The highest BCUT2D eigenvalue weighted by Gasteiger charge is 2.34. The maximum atomic E-state index is 8.19. The second-order valence-electron chi connectivity index (χ2n) is 5.49. The van der Waals surface area contributed by atoms with Gasteiger partial charge in [-0.05, 0) is 31.6 Å². The summed E-state index contributed by atoms with van der Waals surface area (Å²) in [5, 5.41) is 8.19. The van der Waals surface area contributed by atoms with Crippen LogP contribution in [0.3, 0.4) is 0 Å². The molecule has 2 rings (SSSR count). The molecule has 86 valence electrons. The van der Waals surface area contributed by atoms with Gasteiger partial charge in [-0.3, -0.25) is 5.41 Å². The molecule has 1 heterocycles. The van der Waals surface area contributed by atoms with Crippen molar-refractivity contribution in [3.63, 3.8) is 0 Å². The molecule has 1 N–H and O–H groups in total. The summed E-state index contributed by atoms with van der Waals surface area (Å²) in [7, 11) is 0. The zero-order valence-corrected chi connectivity index (χ0v) is 10.1. The molecule has 1 saturated carbocycles. The van der Waals surface area contributed by atoms with Crippen molar-refractivity contribution in [2.45, 2.75) is 58.4 Å². The molecular weight excluding hydrogens is 184 g/mol. The van der Waals surface area contributed by atoms with Gasteiger partial charge in [-0.15, -0.1) is 0 Å². The molecule has 1 aliphatic heterocycles. The lowest BCUT2D eigenvalue weighted by Crippen LogP contribution is -2.50. The maximum Gasteiger partial charge on any atom is 0.0986 e. The van der Waals surface area contributed by atoms with Crippen LogP contribution in [0.1, 0.15) is 52.4 Å². The smallest absolute Gasteiger partial charge is 0.0986 e. The van der Waals surface area contributed by atoms with Gasteiger partial charge in [0, 0.05) is 18.5 Å². The zero-order chi connectivity index (χ0) is 10.8. The van der Waals surface area contributed by atoms with Gasteiger partial charge >= 0.3 is 0 Å². The van der Waals surface area contributed by atoms with E-state index in [-0.39, 0.29) is 0 Å². The van der Waals surface area contributed by atoms with Crippen LogP contribution in [0.15, 0.2) is 0 Å². The van der Waals surface area contributed by atoms with Crippen molar-refractivity contribution < 1.29 is 0 Å². The van der Waals surface area contributed by atoms with Crippen molar-refractivity contribution in [2.24, 2.45) is 11.8 Å². The minimum absolute atomic E-state index is 0.394. The van der Waals surface area contributed by atoms with Crippen LogP contribution in [-0.4, -0.2) is 23.3 Å². The van der Waals surface area contributed by atoms with Crippen molar-refractivity contribution in [1.29, 1.82) is 5.41 Å². The third kappa shape index (κ3) is 2.19. The molecular formula is C13H24N2. The summed E-state index contributed by atoms with van der Waals surface area (Å²) in [5.41, 5.74) is 0. The number of rotatable bonds is 1. The first-order valence-corrected chi connectivity index (χ1v) is 6.55. The Morgan fingerprint density at radius 1 is 1.13 bits per heavy atom. The van der Waals surface area contributed by atoms with E-state index in [2.05, 4.69) is 18.7 Å². The fraction of sp³-hybridized carbons (Fsp3) is 0.923. The van der Waals surface area contributed by atoms with Crippen LogP contribution in [0.25, 0.3) is 0 Å². The summed E-state index contributed by atoms with van der Waals surface area (Å²) >= 11 is 0. The van der Waals surface area contributed by atoms with Crippen LogP contribution in [0, 0.1) is 17.2 Å². The van der Waals surface area contributed by atoms with Crippen molar-refractivity contribution in [3.8, 4) is 0 Å². The molecule has 2 fully saturated rings. The summed E-state index contributed by atoms with van der Waals surface area (Å²) in [5.74, 6) is 2.17. The predicted octanol–water partition coefficient (Wildman–Crippen LogP) is 3.27. The van der Waals surface area contributed by atoms with Gasteiger partial charge in [0.1, 0.15) is 0 Å². The monoisotopic (exact) mass is 208 g/mol. The lowest BCUT2D eigenvalue weighted by atomic mass is 9.78. The number of nitrogens with one attached hydrogen (secondary N) is 1. The molecule has 2 atom stereocenters. The highest BCUT2D eigenvalue weighted by atomic mass is 15.2. The number of piperidine rings is 1. The van der Waals surface area contributed by atoms with Gasteiger partial charge < -0.3 is 4.90 Å². The summed E-state index contributed by atoms with van der Waals surface area (Å²) in [6.07, 6.45) is 8.25. The van der Waals surface area contributed by atoms with Crippen molar-refractivity contribution in [2.75, 3.05) is 6.54 Å². The van der Waals surface area contributed by atoms with E-state index in [0.717, 1.165) is 18.3 Å². The van der Waals surface area contributed by atoms with Crippen LogP contribution in [-0.2, 0) is 0 Å². The average molecular weight is 208 g/mol. The van der Waals surface area contributed by atoms with Crippen LogP contribution < -0.4 is 0 Å². The van der Waals surface area contributed by atoms with E-state index >= 15 is 0 Å². The molecule has 1 aliphatic carbocycles. The number of amidine groups is 1. The molecule has 0 spiro atoms. The fourth-order valence-corrected chi connectivity index (χ4v) is 3.26. The first kappa shape index (κ1) is 11.0. The molecule has 0 aromatic rings. The van der Waals surface area contributed by atoms with E-state index in [9.17, 15) is 0 Å². The molecule has 1 saturated heterocycles. The molecule has 2 heteroatoms. The Kier molecular flexibility index (Phi) is 3.32. The molecule has 0 aromatic heterocycles. The van der Waals surface area contributed by atoms with Gasteiger partial charge in [-0.25, -0.2) is 0 Å². The number of nitrogens with zero attached hydrogens (tertiary/aromatic N) is 1. The Morgan fingerprint density at radius 3 is 2.53 bits per heavy atom. The van der Waals surface area contributed by atoms with Crippen LogP contribution in [0.2, 0.25) is 0 Å². The predicted molar refractivity (Wildman–Crippen MR) is 64.3 cm³/mol. The van der Waals surface area contributed by atoms with Gasteiger partial charge in [-0.2, -0.15) is 0 Å². The summed E-state index contributed by atoms with van der Waals surface area (Å²) in [6, 6.07) is 0.711. The van der Waals surface area contributed by atoms with Crippen LogP contribution in [0.5, 0.6) is 0 Å². The van der Waals surface area contributed by atoms with Crippen molar-refractivity contribution >= 4 is 5.84 Å². The second-order valence-corrected chi connectivity index (χ2v) is 5.49. The third-order valence-electron chi connectivity index (χ3n) is 4.10. The highest BCUT2D eigenvalue weighted by molar-refractivity contribution is 5.81. The molecule has 0 radical (unpaired) electrons. The summed E-state index contributed by atoms with van der Waals surface area (Å²) in [4.78, 5) is 2.41. The Hall–Kier alpha value is -0.530. The molecule has 0 amide bonds. The largest absolute Gasteiger partial charge is 0.357 e. The third-order valence-corrected chi connectivity index (χ3v) is 4.10. The van der Waals surface area contributed by atoms with Crippen molar-refractivity contribution in [1.82, 2.24) is 4.90 Å². The Balaban J connectivity index is 2.06. The maximum absolute atomic E-state index is 8.19. The first-order chi connectivity index (χ1) is 7.20. The molecule has 2 nitrogen and oxygen atoms in total. The summed E-state index contributed by atoms with van der Waals surface area (Å²) in [6.45, 7) is 5.43. The van der Waals surface area contributed by atoms with Gasteiger partial charge in [0.2, 0.25) is 0 Å². The minimum Gasteiger partial charge on any atom is -0.357 e. The van der Waals surface area contributed by atoms with Gasteiger partial charge in [0.25, 0.3) is 0 Å². The minimum atomic E-state index is 0.394. The Labute approximate surface area is 93.6 Å². The molecule has 15 heavy (non-hydrogen) atoms. The zero-order valence-electron chi connectivity index (χ0n) is 10.1. The van der Waals surface area contributed by atoms with Gasteiger partial charge in [0.15, 0.2) is 0 Å². The number of likely N-dealkylation sites (tertiary alicyclic amines) is 1. The SMILES string of the molecule is CC(C)C(=N)N1CCCC2CCCCC21. The van der Waals surface area contributed by atoms with Gasteiger partial charge in [0.05, 0.1) is 5.84 Å². The summed E-state index contributed by atoms with van der Waals surface area (Å²) < 4.78 is 0. The quantitative estimate of drug-likeness (QED) is 0.519. The number of fused-ring (bicyclic) bond motifs is 1. The van der Waals surface area contributed by atoms with E-state index in [1.165, 1.54) is 38.5 Å². The van der Waals surface area contributed by atoms with E-state index in [1.54, 1.807) is 0 Å². The number of hydrogen-bond acceptors (Lipinski definition) is 1. The van der Waals surface area contributed by atoms with E-state index in [1.807, 2.05) is 0 Å².